The van der Waals surface area contributed by atoms with E-state index in [1.54, 1.807) is 0 Å². The Labute approximate surface area is 137 Å². The number of thioether (sulfide) groups is 1. The van der Waals surface area contributed by atoms with Crippen molar-refractivity contribution in [1.29, 1.82) is 0 Å². The highest BCUT2D eigenvalue weighted by atomic mass is 32.2. The van der Waals surface area contributed by atoms with E-state index in [1.807, 2.05) is 11.3 Å². The molecule has 3 unspecified atom stereocenters. The first-order valence-corrected chi connectivity index (χ1v) is 10.3. The number of thiophene rings is 1. The molecule has 1 aromatic heterocycles. The topological polar surface area (TPSA) is 21.3 Å². The summed E-state index contributed by atoms with van der Waals surface area (Å²) in [5.41, 5.74) is 0.219. The zero-order chi connectivity index (χ0) is 14.5. The number of aryl methyl sites for hydroxylation is 1. The Hall–Kier alpha value is -0.0300. The van der Waals surface area contributed by atoms with E-state index in [1.165, 1.54) is 54.9 Å². The van der Waals surface area contributed by atoms with Crippen LogP contribution in [0, 0.1) is 5.92 Å². The number of rotatable bonds is 6. The highest BCUT2D eigenvalue weighted by Crippen LogP contribution is 2.41. The zero-order valence-corrected chi connectivity index (χ0v) is 14.6. The molecule has 2 fully saturated rings. The first-order chi connectivity index (χ1) is 10.3. The first kappa shape index (κ1) is 15.9. The van der Waals surface area contributed by atoms with Gasteiger partial charge in [-0.3, -0.25) is 0 Å². The molecule has 3 rings (SSSR count). The normalized spacial score (nSPS) is 30.8. The van der Waals surface area contributed by atoms with Gasteiger partial charge >= 0.3 is 0 Å². The molecule has 0 radical (unpaired) electrons. The number of hydrogen-bond donors (Lipinski definition) is 1. The molecule has 1 N–H and O–H groups in total. The summed E-state index contributed by atoms with van der Waals surface area (Å²) in [6.07, 6.45) is 7.59. The van der Waals surface area contributed by atoms with Crippen molar-refractivity contribution in [2.45, 2.75) is 50.2 Å². The highest BCUT2D eigenvalue weighted by Gasteiger charge is 2.42. The molecular weight excluding hydrogens is 298 g/mol. The molecule has 118 valence electrons. The fourth-order valence-corrected chi connectivity index (χ4v) is 5.97. The second-order valence-corrected chi connectivity index (χ2v) is 8.59. The van der Waals surface area contributed by atoms with Crippen molar-refractivity contribution in [3.05, 3.63) is 22.4 Å². The molecule has 0 aliphatic carbocycles. The summed E-state index contributed by atoms with van der Waals surface area (Å²) in [6.45, 7) is 0.967. The van der Waals surface area contributed by atoms with E-state index in [2.05, 4.69) is 41.6 Å². The molecule has 0 amide bonds. The third-order valence-electron chi connectivity index (χ3n) is 5.06. The highest BCUT2D eigenvalue weighted by molar-refractivity contribution is 7.99. The molecule has 2 nitrogen and oxygen atoms in total. The standard InChI is InChI=1S/C17H27NOS2/c1-18-16(6-2-4-15-5-3-10-21-15)14-7-9-19-17(12-14)8-11-20-13-17/h3,5,10,14,16,18H,2,4,6-9,11-13H2,1H3. The van der Waals surface area contributed by atoms with E-state index in [0.717, 1.165) is 12.5 Å². The number of hydrogen-bond acceptors (Lipinski definition) is 4. The van der Waals surface area contributed by atoms with Gasteiger partial charge in [-0.15, -0.1) is 11.3 Å². The van der Waals surface area contributed by atoms with Crippen molar-refractivity contribution in [2.75, 3.05) is 25.2 Å². The fourth-order valence-electron chi connectivity index (χ4n) is 3.84. The van der Waals surface area contributed by atoms with Crippen LogP contribution in [-0.4, -0.2) is 36.8 Å². The summed E-state index contributed by atoms with van der Waals surface area (Å²) in [4.78, 5) is 1.53. The fraction of sp³-hybridized carbons (Fsp3) is 0.765. The van der Waals surface area contributed by atoms with Crippen molar-refractivity contribution in [3.63, 3.8) is 0 Å². The third-order valence-corrected chi connectivity index (χ3v) is 7.22. The van der Waals surface area contributed by atoms with Crippen LogP contribution in [0.3, 0.4) is 0 Å². The van der Waals surface area contributed by atoms with Gasteiger partial charge in [-0.05, 0) is 68.7 Å². The predicted octanol–water partition coefficient (Wildman–Crippen LogP) is 3.96. The van der Waals surface area contributed by atoms with Gasteiger partial charge in [-0.2, -0.15) is 11.8 Å². The minimum absolute atomic E-state index is 0.219. The van der Waals surface area contributed by atoms with Gasteiger partial charge < -0.3 is 10.1 Å². The second-order valence-electron chi connectivity index (χ2n) is 6.45. The van der Waals surface area contributed by atoms with Crippen molar-refractivity contribution in [3.8, 4) is 0 Å². The molecule has 0 saturated carbocycles. The largest absolute Gasteiger partial charge is 0.374 e. The van der Waals surface area contributed by atoms with Crippen LogP contribution < -0.4 is 5.32 Å². The van der Waals surface area contributed by atoms with Gasteiger partial charge in [-0.1, -0.05) is 6.07 Å². The number of nitrogens with one attached hydrogen (secondary N) is 1. The average Bonchev–Trinajstić information content (AvgIpc) is 3.16. The maximum absolute atomic E-state index is 6.17. The molecular formula is C17H27NOS2. The first-order valence-electron chi connectivity index (χ1n) is 8.23. The SMILES string of the molecule is CNC(CCCc1cccs1)C1CCOC2(CCSC2)C1. The van der Waals surface area contributed by atoms with Gasteiger partial charge in [0.05, 0.1) is 5.60 Å². The molecule has 4 heteroatoms. The quantitative estimate of drug-likeness (QED) is 0.855. The Bertz CT molecular complexity index is 414. The molecule has 2 saturated heterocycles. The zero-order valence-electron chi connectivity index (χ0n) is 13.0. The second kappa shape index (κ2) is 7.49. The van der Waals surface area contributed by atoms with Gasteiger partial charge in [0.1, 0.15) is 0 Å². The monoisotopic (exact) mass is 325 g/mol. The van der Waals surface area contributed by atoms with E-state index in [0.29, 0.717) is 6.04 Å². The van der Waals surface area contributed by atoms with Crippen molar-refractivity contribution in [2.24, 2.45) is 5.92 Å². The van der Waals surface area contributed by atoms with Crippen LogP contribution >= 0.6 is 23.1 Å². The lowest BCUT2D eigenvalue weighted by Gasteiger charge is -2.41. The Morgan fingerprint density at radius 1 is 1.52 bits per heavy atom. The van der Waals surface area contributed by atoms with Crippen molar-refractivity contribution >= 4 is 23.1 Å². The van der Waals surface area contributed by atoms with Crippen LogP contribution in [-0.2, 0) is 11.2 Å². The van der Waals surface area contributed by atoms with Crippen LogP contribution in [0.5, 0.6) is 0 Å². The van der Waals surface area contributed by atoms with E-state index < -0.39 is 0 Å². The van der Waals surface area contributed by atoms with E-state index >= 15 is 0 Å². The number of ether oxygens (including phenoxy) is 1. The lowest BCUT2D eigenvalue weighted by Crippen LogP contribution is -2.46. The van der Waals surface area contributed by atoms with Crippen molar-refractivity contribution < 1.29 is 4.74 Å². The minimum Gasteiger partial charge on any atom is -0.374 e. The average molecular weight is 326 g/mol. The minimum atomic E-state index is 0.219. The van der Waals surface area contributed by atoms with Crippen LogP contribution in [0.4, 0.5) is 0 Å². The van der Waals surface area contributed by atoms with Gasteiger partial charge in [0.15, 0.2) is 0 Å². The summed E-state index contributed by atoms with van der Waals surface area (Å²) in [5, 5.41) is 5.78. The molecule has 21 heavy (non-hydrogen) atoms. The Morgan fingerprint density at radius 2 is 2.48 bits per heavy atom. The van der Waals surface area contributed by atoms with E-state index in [9.17, 15) is 0 Å². The van der Waals surface area contributed by atoms with Crippen LogP contribution in [0.15, 0.2) is 17.5 Å². The lowest BCUT2D eigenvalue weighted by molar-refractivity contribution is -0.0852. The van der Waals surface area contributed by atoms with E-state index in [-0.39, 0.29) is 5.60 Å². The molecule has 1 aromatic rings. The summed E-state index contributed by atoms with van der Waals surface area (Å²) < 4.78 is 6.17. The van der Waals surface area contributed by atoms with E-state index in [4.69, 9.17) is 4.74 Å². The third kappa shape index (κ3) is 4.04. The predicted molar refractivity (Wildman–Crippen MR) is 93.5 cm³/mol. The molecule has 2 aliphatic heterocycles. The lowest BCUT2D eigenvalue weighted by atomic mass is 9.80. The molecule has 0 aromatic carbocycles. The van der Waals surface area contributed by atoms with Gasteiger partial charge in [0, 0.05) is 23.3 Å². The maximum Gasteiger partial charge on any atom is 0.0783 e. The molecule has 1 spiro atoms. The molecule has 2 aliphatic rings. The van der Waals surface area contributed by atoms with Gasteiger partial charge in [0.2, 0.25) is 0 Å². The summed E-state index contributed by atoms with van der Waals surface area (Å²) in [7, 11) is 2.14. The smallest absolute Gasteiger partial charge is 0.0783 e. The molecule has 3 heterocycles. The van der Waals surface area contributed by atoms with Crippen molar-refractivity contribution in [1.82, 2.24) is 5.32 Å². The Morgan fingerprint density at radius 3 is 3.19 bits per heavy atom. The van der Waals surface area contributed by atoms with Gasteiger partial charge in [0.25, 0.3) is 0 Å². The summed E-state index contributed by atoms with van der Waals surface area (Å²) >= 11 is 3.96. The van der Waals surface area contributed by atoms with Gasteiger partial charge in [-0.25, -0.2) is 0 Å². The van der Waals surface area contributed by atoms with Crippen LogP contribution in [0.1, 0.15) is 37.0 Å². The molecule has 0 bridgehead atoms. The Balaban J connectivity index is 1.50. The van der Waals surface area contributed by atoms with Crippen LogP contribution in [0.25, 0.3) is 0 Å². The molecule has 3 atom stereocenters. The summed E-state index contributed by atoms with van der Waals surface area (Å²) in [6, 6.07) is 5.09. The summed E-state index contributed by atoms with van der Waals surface area (Å²) in [5.74, 6) is 3.30. The van der Waals surface area contributed by atoms with Crippen LogP contribution in [0.2, 0.25) is 0 Å². The maximum atomic E-state index is 6.17. The Kier molecular flexibility index (Phi) is 5.66.